The first kappa shape index (κ1) is 14.1. The average Bonchev–Trinajstić information content (AvgIpc) is 2.88. The zero-order valence-electron chi connectivity index (χ0n) is 10.8. The van der Waals surface area contributed by atoms with Crippen LogP contribution in [-0.4, -0.2) is 13.4 Å². The van der Waals surface area contributed by atoms with Crippen molar-refractivity contribution in [1.82, 2.24) is 9.71 Å². The summed E-state index contributed by atoms with van der Waals surface area (Å²) in [5, 5.41) is 0.169. The van der Waals surface area contributed by atoms with Crippen molar-refractivity contribution < 1.29 is 12.8 Å². The zero-order chi connectivity index (χ0) is 14.9. The molecule has 1 aromatic heterocycles. The molecular weight excluding hydrogens is 312 g/mol. The second kappa shape index (κ2) is 5.48. The highest BCUT2D eigenvalue weighted by Gasteiger charge is 2.18. The molecule has 1 heterocycles. The van der Waals surface area contributed by atoms with Gasteiger partial charge in [-0.25, -0.2) is 18.1 Å². The SMILES string of the molecule is O=S(=O)(NCc1nc2ccccc2o1)c1ccccc1Cl. The number of hydrogen-bond donors (Lipinski definition) is 1. The van der Waals surface area contributed by atoms with Gasteiger partial charge >= 0.3 is 0 Å². The van der Waals surface area contributed by atoms with Crippen LogP contribution in [-0.2, 0) is 16.6 Å². The normalized spacial score (nSPS) is 11.9. The van der Waals surface area contributed by atoms with Crippen molar-refractivity contribution in [2.75, 3.05) is 0 Å². The van der Waals surface area contributed by atoms with E-state index in [2.05, 4.69) is 9.71 Å². The lowest BCUT2D eigenvalue weighted by atomic mass is 10.3. The maximum atomic E-state index is 12.2. The van der Waals surface area contributed by atoms with Crippen molar-refractivity contribution in [2.24, 2.45) is 0 Å². The van der Waals surface area contributed by atoms with Gasteiger partial charge < -0.3 is 4.42 Å². The molecule has 3 rings (SSSR count). The summed E-state index contributed by atoms with van der Waals surface area (Å²) >= 11 is 5.90. The van der Waals surface area contributed by atoms with E-state index in [0.717, 1.165) is 0 Å². The molecule has 0 aliphatic heterocycles. The van der Waals surface area contributed by atoms with E-state index in [1.54, 1.807) is 24.3 Å². The number of nitrogens with one attached hydrogen (secondary N) is 1. The second-order valence-electron chi connectivity index (χ2n) is 4.33. The number of sulfonamides is 1. The number of hydrogen-bond acceptors (Lipinski definition) is 4. The van der Waals surface area contributed by atoms with E-state index in [4.69, 9.17) is 16.0 Å². The predicted octanol–water partition coefficient (Wildman–Crippen LogP) is 2.96. The van der Waals surface area contributed by atoms with Crippen LogP contribution in [0.25, 0.3) is 11.1 Å². The molecule has 0 bridgehead atoms. The van der Waals surface area contributed by atoms with Crippen molar-refractivity contribution in [3.63, 3.8) is 0 Å². The number of para-hydroxylation sites is 2. The first-order valence-corrected chi connectivity index (χ1v) is 8.01. The molecule has 0 saturated heterocycles. The van der Waals surface area contributed by atoms with Gasteiger partial charge in [0.05, 0.1) is 11.6 Å². The molecule has 0 atom stereocenters. The molecule has 1 N–H and O–H groups in total. The number of oxazole rings is 1. The van der Waals surface area contributed by atoms with Crippen LogP contribution in [0.5, 0.6) is 0 Å². The lowest BCUT2D eigenvalue weighted by Crippen LogP contribution is -2.23. The van der Waals surface area contributed by atoms with Gasteiger partial charge in [0, 0.05) is 0 Å². The number of benzene rings is 2. The van der Waals surface area contributed by atoms with Crippen LogP contribution >= 0.6 is 11.6 Å². The Hall–Kier alpha value is -1.89. The highest BCUT2D eigenvalue weighted by Crippen LogP contribution is 2.21. The van der Waals surface area contributed by atoms with Gasteiger partial charge in [0.15, 0.2) is 5.58 Å². The van der Waals surface area contributed by atoms with Crippen LogP contribution in [0.15, 0.2) is 57.8 Å². The molecule has 21 heavy (non-hydrogen) atoms. The molecule has 0 radical (unpaired) electrons. The smallest absolute Gasteiger partial charge is 0.242 e. The van der Waals surface area contributed by atoms with Gasteiger partial charge in [-0.05, 0) is 24.3 Å². The van der Waals surface area contributed by atoms with E-state index in [-0.39, 0.29) is 16.5 Å². The molecule has 0 aliphatic carbocycles. The van der Waals surface area contributed by atoms with Gasteiger partial charge in [-0.3, -0.25) is 0 Å². The monoisotopic (exact) mass is 322 g/mol. The Morgan fingerprint density at radius 1 is 1.10 bits per heavy atom. The molecule has 108 valence electrons. The van der Waals surface area contributed by atoms with E-state index in [0.29, 0.717) is 17.0 Å². The summed E-state index contributed by atoms with van der Waals surface area (Å²) < 4.78 is 32.2. The second-order valence-corrected chi connectivity index (χ2v) is 6.47. The van der Waals surface area contributed by atoms with Crippen LogP contribution < -0.4 is 4.72 Å². The van der Waals surface area contributed by atoms with Crippen molar-refractivity contribution in [1.29, 1.82) is 0 Å². The molecule has 3 aromatic rings. The maximum absolute atomic E-state index is 12.2. The Kier molecular flexibility index (Phi) is 3.67. The van der Waals surface area contributed by atoms with Crippen LogP contribution in [0.1, 0.15) is 5.89 Å². The van der Waals surface area contributed by atoms with Gasteiger partial charge in [-0.2, -0.15) is 0 Å². The lowest BCUT2D eigenvalue weighted by molar-refractivity contribution is 0.513. The van der Waals surface area contributed by atoms with Crippen molar-refractivity contribution >= 4 is 32.7 Å². The number of nitrogens with zero attached hydrogens (tertiary/aromatic N) is 1. The van der Waals surface area contributed by atoms with Gasteiger partial charge in [0.25, 0.3) is 0 Å². The zero-order valence-corrected chi connectivity index (χ0v) is 12.4. The molecule has 0 saturated carbocycles. The van der Waals surface area contributed by atoms with E-state index >= 15 is 0 Å². The minimum atomic E-state index is -3.71. The summed E-state index contributed by atoms with van der Waals surface area (Å²) in [7, 11) is -3.71. The maximum Gasteiger partial charge on any atom is 0.242 e. The first-order chi connectivity index (χ1) is 10.1. The Bertz CT molecular complexity index is 857. The third kappa shape index (κ3) is 2.92. The standard InChI is InChI=1S/C14H11ClN2O3S/c15-10-5-1-4-8-13(10)21(18,19)16-9-14-17-11-6-2-3-7-12(11)20-14/h1-8,16H,9H2. The minimum absolute atomic E-state index is 0.0303. The third-order valence-corrected chi connectivity index (χ3v) is 4.78. The Morgan fingerprint density at radius 2 is 1.81 bits per heavy atom. The van der Waals surface area contributed by atoms with Gasteiger partial charge in [-0.1, -0.05) is 35.9 Å². The first-order valence-electron chi connectivity index (χ1n) is 6.15. The summed E-state index contributed by atoms with van der Waals surface area (Å²) in [5.74, 6) is 0.298. The minimum Gasteiger partial charge on any atom is -0.439 e. The molecule has 0 amide bonds. The number of halogens is 1. The fourth-order valence-corrected chi connectivity index (χ4v) is 3.38. The van der Waals surface area contributed by atoms with E-state index in [1.165, 1.54) is 12.1 Å². The molecule has 0 fully saturated rings. The summed E-state index contributed by atoms with van der Waals surface area (Å²) in [6, 6.07) is 13.5. The molecule has 0 unspecified atom stereocenters. The highest BCUT2D eigenvalue weighted by molar-refractivity contribution is 7.89. The fourth-order valence-electron chi connectivity index (χ4n) is 1.89. The van der Waals surface area contributed by atoms with Gasteiger partial charge in [0.1, 0.15) is 10.4 Å². The van der Waals surface area contributed by atoms with Crippen LogP contribution in [0.3, 0.4) is 0 Å². The highest BCUT2D eigenvalue weighted by atomic mass is 35.5. The van der Waals surface area contributed by atoms with Crippen LogP contribution in [0.2, 0.25) is 5.02 Å². The fraction of sp³-hybridized carbons (Fsp3) is 0.0714. The summed E-state index contributed by atoms with van der Waals surface area (Å²) in [5.41, 5.74) is 1.30. The molecule has 2 aromatic carbocycles. The topological polar surface area (TPSA) is 72.2 Å². The predicted molar refractivity (Wildman–Crippen MR) is 79.5 cm³/mol. The summed E-state index contributed by atoms with van der Waals surface area (Å²) in [6.45, 7) is -0.0394. The quantitative estimate of drug-likeness (QED) is 0.801. The summed E-state index contributed by atoms with van der Waals surface area (Å²) in [6.07, 6.45) is 0. The van der Waals surface area contributed by atoms with Crippen molar-refractivity contribution in [3.05, 3.63) is 59.4 Å². The number of rotatable bonds is 4. The van der Waals surface area contributed by atoms with E-state index < -0.39 is 10.0 Å². The molecule has 7 heteroatoms. The molecular formula is C14H11ClN2O3S. The molecule has 5 nitrogen and oxygen atoms in total. The molecule has 0 spiro atoms. The van der Waals surface area contributed by atoms with Gasteiger partial charge in [-0.15, -0.1) is 0 Å². The number of aromatic nitrogens is 1. The Morgan fingerprint density at radius 3 is 2.57 bits per heavy atom. The van der Waals surface area contributed by atoms with Gasteiger partial charge in [0.2, 0.25) is 15.9 Å². The Labute approximate surface area is 126 Å². The summed E-state index contributed by atoms with van der Waals surface area (Å²) in [4.78, 5) is 4.24. The Balaban J connectivity index is 1.82. The van der Waals surface area contributed by atoms with Crippen LogP contribution in [0, 0.1) is 0 Å². The number of fused-ring (bicyclic) bond motifs is 1. The largest absolute Gasteiger partial charge is 0.439 e. The van der Waals surface area contributed by atoms with Crippen molar-refractivity contribution in [2.45, 2.75) is 11.4 Å². The lowest BCUT2D eigenvalue weighted by Gasteiger charge is -2.06. The van der Waals surface area contributed by atoms with E-state index in [1.807, 2.05) is 12.1 Å². The average molecular weight is 323 g/mol. The molecule has 0 aliphatic rings. The third-order valence-electron chi connectivity index (χ3n) is 2.88. The van der Waals surface area contributed by atoms with Crippen molar-refractivity contribution in [3.8, 4) is 0 Å². The van der Waals surface area contributed by atoms with E-state index in [9.17, 15) is 8.42 Å². The van der Waals surface area contributed by atoms with Crippen LogP contribution in [0.4, 0.5) is 0 Å².